The van der Waals surface area contributed by atoms with Gasteiger partial charge in [-0.15, -0.1) is 0 Å². The van der Waals surface area contributed by atoms with Gasteiger partial charge in [0.1, 0.15) is 5.70 Å². The number of piperidine rings is 1. The van der Waals surface area contributed by atoms with Crippen molar-refractivity contribution in [1.82, 2.24) is 9.80 Å². The maximum absolute atomic E-state index is 13.2. The van der Waals surface area contributed by atoms with Gasteiger partial charge in [0, 0.05) is 31.8 Å². The van der Waals surface area contributed by atoms with Crippen LogP contribution in [0.3, 0.4) is 0 Å². The number of non-ortho nitro benzene ring substituents is 1. The van der Waals surface area contributed by atoms with Crippen molar-refractivity contribution in [3.05, 3.63) is 45.6 Å². The van der Waals surface area contributed by atoms with Crippen LogP contribution >= 0.6 is 0 Å². The van der Waals surface area contributed by atoms with Crippen LogP contribution in [0, 0.1) is 16.0 Å². The zero-order valence-electron chi connectivity index (χ0n) is 17.2. The lowest BCUT2D eigenvalue weighted by molar-refractivity contribution is -0.384. The van der Waals surface area contributed by atoms with Gasteiger partial charge in [-0.3, -0.25) is 24.6 Å². The zero-order valence-corrected chi connectivity index (χ0v) is 17.2. The van der Waals surface area contributed by atoms with Crippen molar-refractivity contribution in [3.63, 3.8) is 0 Å². The predicted molar refractivity (Wildman–Crippen MR) is 111 cm³/mol. The lowest BCUT2D eigenvalue weighted by Crippen LogP contribution is -2.38. The normalized spacial score (nSPS) is 18.1. The third-order valence-corrected chi connectivity index (χ3v) is 5.85. The van der Waals surface area contributed by atoms with E-state index in [9.17, 15) is 19.7 Å². The summed E-state index contributed by atoms with van der Waals surface area (Å²) in [5.74, 6) is 0.0930. The van der Waals surface area contributed by atoms with Crippen molar-refractivity contribution >= 4 is 23.1 Å². The fourth-order valence-electron chi connectivity index (χ4n) is 4.00. The standard InChI is InChI=1S/C22H29N3O4/c1-3-4-5-6-13-24-21(26)19(17-7-9-18(10-8-17)25(28)29)20(22(24)27)23-14-11-16(2)12-15-23/h7-10,16H,3-6,11-15H2,1-2H3. The summed E-state index contributed by atoms with van der Waals surface area (Å²) in [5, 5.41) is 11.0. The van der Waals surface area contributed by atoms with E-state index >= 15 is 0 Å². The zero-order chi connectivity index (χ0) is 21.0. The quantitative estimate of drug-likeness (QED) is 0.286. The lowest BCUT2D eigenvalue weighted by Gasteiger charge is -2.32. The first-order chi connectivity index (χ1) is 13.9. The van der Waals surface area contributed by atoms with E-state index in [1.807, 2.05) is 4.90 Å². The first-order valence-corrected chi connectivity index (χ1v) is 10.5. The van der Waals surface area contributed by atoms with E-state index in [0.717, 1.165) is 51.6 Å². The molecule has 0 bridgehead atoms. The number of amides is 2. The summed E-state index contributed by atoms with van der Waals surface area (Å²) in [7, 11) is 0. The Hall–Kier alpha value is -2.70. The molecule has 0 atom stereocenters. The van der Waals surface area contributed by atoms with Gasteiger partial charge in [-0.1, -0.05) is 33.1 Å². The minimum Gasteiger partial charge on any atom is -0.366 e. The molecule has 2 aliphatic heterocycles. The highest BCUT2D eigenvalue weighted by atomic mass is 16.6. The van der Waals surface area contributed by atoms with Gasteiger partial charge in [0.2, 0.25) is 0 Å². The number of rotatable bonds is 8. The Balaban J connectivity index is 1.92. The van der Waals surface area contributed by atoms with Crippen LogP contribution in [0.5, 0.6) is 0 Å². The fourth-order valence-corrected chi connectivity index (χ4v) is 4.00. The Bertz CT molecular complexity index is 808. The van der Waals surface area contributed by atoms with Gasteiger partial charge in [-0.25, -0.2) is 0 Å². The number of hydrogen-bond donors (Lipinski definition) is 0. The first-order valence-electron chi connectivity index (χ1n) is 10.5. The van der Waals surface area contributed by atoms with Crippen molar-refractivity contribution in [2.75, 3.05) is 19.6 Å². The average molecular weight is 399 g/mol. The second kappa shape index (κ2) is 9.20. The maximum atomic E-state index is 13.2. The molecule has 0 N–H and O–H groups in total. The lowest BCUT2D eigenvalue weighted by atomic mass is 9.97. The predicted octanol–water partition coefficient (Wildman–Crippen LogP) is 3.99. The molecule has 0 unspecified atom stereocenters. The molecule has 29 heavy (non-hydrogen) atoms. The molecule has 0 aromatic heterocycles. The highest BCUT2D eigenvalue weighted by molar-refractivity contribution is 6.35. The second-order valence-electron chi connectivity index (χ2n) is 8.02. The number of hydrogen-bond acceptors (Lipinski definition) is 5. The van der Waals surface area contributed by atoms with Crippen molar-refractivity contribution in [3.8, 4) is 0 Å². The number of likely N-dealkylation sites (tertiary alicyclic amines) is 1. The number of unbranched alkanes of at least 4 members (excludes halogenated alkanes) is 3. The molecule has 1 aromatic carbocycles. The molecule has 1 fully saturated rings. The Morgan fingerprint density at radius 2 is 1.69 bits per heavy atom. The summed E-state index contributed by atoms with van der Waals surface area (Å²) in [4.78, 5) is 40.3. The van der Waals surface area contributed by atoms with Gasteiger partial charge in [0.15, 0.2) is 0 Å². The smallest absolute Gasteiger partial charge is 0.277 e. The van der Waals surface area contributed by atoms with Crippen LogP contribution in [0.2, 0.25) is 0 Å². The van der Waals surface area contributed by atoms with E-state index in [2.05, 4.69) is 13.8 Å². The number of nitro groups is 1. The maximum Gasteiger partial charge on any atom is 0.277 e. The Morgan fingerprint density at radius 1 is 1.03 bits per heavy atom. The second-order valence-corrected chi connectivity index (χ2v) is 8.02. The van der Waals surface area contributed by atoms with Gasteiger partial charge in [-0.2, -0.15) is 0 Å². The molecule has 1 aromatic rings. The largest absolute Gasteiger partial charge is 0.366 e. The summed E-state index contributed by atoms with van der Waals surface area (Å²) in [6.07, 6.45) is 5.91. The highest BCUT2D eigenvalue weighted by Crippen LogP contribution is 2.34. The molecule has 0 radical (unpaired) electrons. The van der Waals surface area contributed by atoms with E-state index in [1.54, 1.807) is 12.1 Å². The molecular weight excluding hydrogens is 370 g/mol. The topological polar surface area (TPSA) is 83.8 Å². The minimum absolute atomic E-state index is 0.0316. The number of nitrogens with zero attached hydrogens (tertiary/aromatic N) is 3. The molecule has 1 saturated heterocycles. The van der Waals surface area contributed by atoms with Gasteiger partial charge in [0.05, 0.1) is 10.5 Å². The van der Waals surface area contributed by atoms with Crippen LogP contribution in [-0.4, -0.2) is 46.2 Å². The van der Waals surface area contributed by atoms with Crippen molar-refractivity contribution in [1.29, 1.82) is 0 Å². The third kappa shape index (κ3) is 4.49. The molecule has 0 aliphatic carbocycles. The molecule has 3 rings (SSSR count). The Kier molecular flexibility index (Phi) is 6.67. The number of benzene rings is 1. The number of imide groups is 1. The number of carbonyl (C=O) groups excluding carboxylic acids is 2. The van der Waals surface area contributed by atoms with Crippen LogP contribution in [0.1, 0.15) is 57.9 Å². The molecule has 156 valence electrons. The van der Waals surface area contributed by atoms with E-state index in [-0.39, 0.29) is 17.5 Å². The first kappa shape index (κ1) is 21.0. The van der Waals surface area contributed by atoms with Gasteiger partial charge in [-0.05, 0) is 42.9 Å². The van der Waals surface area contributed by atoms with Gasteiger partial charge < -0.3 is 4.90 Å². The number of nitro benzene ring substituents is 1. The molecule has 0 spiro atoms. The molecule has 7 heteroatoms. The summed E-state index contributed by atoms with van der Waals surface area (Å²) in [6.45, 7) is 6.23. The van der Waals surface area contributed by atoms with Crippen molar-refractivity contribution < 1.29 is 14.5 Å². The third-order valence-electron chi connectivity index (χ3n) is 5.85. The highest BCUT2D eigenvalue weighted by Gasteiger charge is 2.41. The van der Waals surface area contributed by atoms with Gasteiger partial charge >= 0.3 is 0 Å². The molecule has 7 nitrogen and oxygen atoms in total. The van der Waals surface area contributed by atoms with E-state index < -0.39 is 4.92 Å². The van der Waals surface area contributed by atoms with Crippen LogP contribution in [0.15, 0.2) is 30.0 Å². The molecule has 2 aliphatic rings. The Labute approximate surface area is 171 Å². The van der Waals surface area contributed by atoms with Crippen molar-refractivity contribution in [2.45, 2.75) is 52.4 Å². The van der Waals surface area contributed by atoms with Crippen molar-refractivity contribution in [2.24, 2.45) is 5.92 Å². The van der Waals surface area contributed by atoms with Crippen LogP contribution in [0.4, 0.5) is 5.69 Å². The van der Waals surface area contributed by atoms with Crippen LogP contribution < -0.4 is 0 Å². The average Bonchev–Trinajstić information content (AvgIpc) is 2.96. The fraction of sp³-hybridized carbons (Fsp3) is 0.545. The molecular formula is C22H29N3O4. The summed E-state index contributed by atoms with van der Waals surface area (Å²) in [5.41, 5.74) is 1.38. The Morgan fingerprint density at radius 3 is 2.28 bits per heavy atom. The van der Waals surface area contributed by atoms with Crippen LogP contribution in [0.25, 0.3) is 5.57 Å². The SMILES string of the molecule is CCCCCCN1C(=O)C(c2ccc([N+](=O)[O-])cc2)=C(N2CCC(C)CC2)C1=O. The van der Waals surface area contributed by atoms with E-state index in [4.69, 9.17) is 0 Å². The van der Waals surface area contributed by atoms with E-state index in [1.165, 1.54) is 17.0 Å². The summed E-state index contributed by atoms with van der Waals surface area (Å²) >= 11 is 0. The summed E-state index contributed by atoms with van der Waals surface area (Å²) < 4.78 is 0. The number of carbonyl (C=O) groups is 2. The minimum atomic E-state index is -0.466. The molecule has 2 amide bonds. The van der Waals surface area contributed by atoms with E-state index in [0.29, 0.717) is 29.3 Å². The monoisotopic (exact) mass is 399 g/mol. The van der Waals surface area contributed by atoms with Crippen LogP contribution in [-0.2, 0) is 9.59 Å². The molecule has 2 heterocycles. The molecule has 0 saturated carbocycles. The summed E-state index contributed by atoms with van der Waals surface area (Å²) in [6, 6.07) is 5.93. The van der Waals surface area contributed by atoms with Gasteiger partial charge in [0.25, 0.3) is 17.5 Å².